The number of rotatable bonds is 7. The fourth-order valence-corrected chi connectivity index (χ4v) is 3.02. The molecule has 0 saturated heterocycles. The summed E-state index contributed by atoms with van der Waals surface area (Å²) in [6.07, 6.45) is 13.2. The Morgan fingerprint density at radius 2 is 1.60 bits per heavy atom. The van der Waals surface area contributed by atoms with Gasteiger partial charge in [0.15, 0.2) is 0 Å². The molecular weight excluding hydrogens is 182 g/mol. The van der Waals surface area contributed by atoms with Crippen molar-refractivity contribution < 1.29 is 0 Å². The zero-order valence-electron chi connectivity index (χ0n) is 10.3. The fourth-order valence-electron chi connectivity index (χ4n) is 3.02. The minimum atomic E-state index is 0.848. The van der Waals surface area contributed by atoms with Crippen molar-refractivity contribution in [2.24, 2.45) is 11.8 Å². The highest BCUT2D eigenvalue weighted by molar-refractivity contribution is 4.83. The molecule has 1 heteroatoms. The molecule has 0 aliphatic heterocycles. The molecule has 0 spiro atoms. The van der Waals surface area contributed by atoms with Gasteiger partial charge in [-0.05, 0) is 37.6 Å². The quantitative estimate of drug-likeness (QED) is 0.673. The maximum absolute atomic E-state index is 3.77. The third-order valence-corrected chi connectivity index (χ3v) is 4.09. The number of nitrogens with one attached hydrogen (secondary N) is 1. The van der Waals surface area contributed by atoms with Crippen LogP contribution in [0.2, 0.25) is 0 Å². The first kappa shape index (κ1) is 11.4. The van der Waals surface area contributed by atoms with Gasteiger partial charge >= 0.3 is 0 Å². The van der Waals surface area contributed by atoms with Crippen molar-refractivity contribution in [1.82, 2.24) is 5.32 Å². The van der Waals surface area contributed by atoms with Crippen LogP contribution in [0.5, 0.6) is 0 Å². The van der Waals surface area contributed by atoms with Crippen molar-refractivity contribution in [3.05, 3.63) is 0 Å². The van der Waals surface area contributed by atoms with Gasteiger partial charge in [0.2, 0.25) is 0 Å². The van der Waals surface area contributed by atoms with Crippen LogP contribution in [-0.2, 0) is 0 Å². The molecular formula is C14H27N. The lowest BCUT2D eigenvalue weighted by molar-refractivity contribution is 0.359. The first-order valence-corrected chi connectivity index (χ1v) is 7.12. The molecule has 2 aliphatic carbocycles. The predicted molar refractivity (Wildman–Crippen MR) is 66.0 cm³/mol. The van der Waals surface area contributed by atoms with E-state index in [0.29, 0.717) is 0 Å². The molecule has 2 rings (SSSR count). The molecule has 2 aliphatic rings. The minimum absolute atomic E-state index is 0.848. The van der Waals surface area contributed by atoms with E-state index in [0.717, 1.165) is 17.9 Å². The third kappa shape index (κ3) is 4.14. The third-order valence-electron chi connectivity index (χ3n) is 4.09. The van der Waals surface area contributed by atoms with Gasteiger partial charge in [-0.1, -0.05) is 45.4 Å². The summed E-state index contributed by atoms with van der Waals surface area (Å²) in [5.41, 5.74) is 0. The summed E-state index contributed by atoms with van der Waals surface area (Å²) in [6, 6.07) is 0.848. The van der Waals surface area contributed by atoms with Gasteiger partial charge in [-0.25, -0.2) is 0 Å². The molecule has 0 aromatic rings. The van der Waals surface area contributed by atoms with Gasteiger partial charge in [0, 0.05) is 6.04 Å². The van der Waals surface area contributed by atoms with Crippen molar-refractivity contribution in [2.45, 2.75) is 70.8 Å². The van der Waals surface area contributed by atoms with Crippen molar-refractivity contribution >= 4 is 0 Å². The number of hydrogen-bond donors (Lipinski definition) is 1. The van der Waals surface area contributed by atoms with Crippen LogP contribution in [0.4, 0.5) is 0 Å². The molecule has 1 unspecified atom stereocenters. The average molecular weight is 209 g/mol. The van der Waals surface area contributed by atoms with E-state index in [2.05, 4.69) is 12.2 Å². The van der Waals surface area contributed by atoms with E-state index in [1.54, 1.807) is 0 Å². The van der Waals surface area contributed by atoms with Crippen molar-refractivity contribution in [2.75, 3.05) is 6.54 Å². The maximum atomic E-state index is 3.77. The second kappa shape index (κ2) is 5.89. The minimum Gasteiger partial charge on any atom is -0.314 e. The largest absolute Gasteiger partial charge is 0.314 e. The average Bonchev–Trinajstić information content (AvgIpc) is 2.90. The molecule has 0 aromatic heterocycles. The van der Waals surface area contributed by atoms with Crippen LogP contribution in [0.15, 0.2) is 0 Å². The van der Waals surface area contributed by atoms with Crippen LogP contribution in [0.1, 0.15) is 64.7 Å². The molecule has 0 aromatic carbocycles. The zero-order chi connectivity index (χ0) is 10.5. The lowest BCUT2D eigenvalue weighted by Gasteiger charge is -2.21. The van der Waals surface area contributed by atoms with Gasteiger partial charge in [0.25, 0.3) is 0 Å². The molecule has 0 heterocycles. The number of hydrogen-bond acceptors (Lipinski definition) is 1. The van der Waals surface area contributed by atoms with Crippen LogP contribution in [0.25, 0.3) is 0 Å². The highest BCUT2D eigenvalue weighted by Crippen LogP contribution is 2.36. The molecule has 1 nitrogen and oxygen atoms in total. The summed E-state index contributed by atoms with van der Waals surface area (Å²) in [5, 5.41) is 3.77. The Bertz CT molecular complexity index is 168. The van der Waals surface area contributed by atoms with Gasteiger partial charge in [0.1, 0.15) is 0 Å². The Kier molecular flexibility index (Phi) is 4.49. The second-order valence-electron chi connectivity index (χ2n) is 5.72. The summed E-state index contributed by atoms with van der Waals surface area (Å²) in [6.45, 7) is 3.50. The molecule has 1 atom stereocenters. The summed E-state index contributed by atoms with van der Waals surface area (Å²) in [5.74, 6) is 2.14. The van der Waals surface area contributed by atoms with E-state index in [1.165, 1.54) is 64.3 Å². The van der Waals surface area contributed by atoms with Gasteiger partial charge in [-0.2, -0.15) is 0 Å². The molecule has 0 bridgehead atoms. The van der Waals surface area contributed by atoms with Gasteiger partial charge in [0.05, 0.1) is 0 Å². The standard InChI is InChI=1S/C14H27N/c1-2-9-15-14(11-13-7-8-13)10-12-5-3-4-6-12/h12-15H,2-11H2,1H3. The molecule has 88 valence electrons. The summed E-state index contributed by atoms with van der Waals surface area (Å²) in [7, 11) is 0. The topological polar surface area (TPSA) is 12.0 Å². The fraction of sp³-hybridized carbons (Fsp3) is 1.00. The Balaban J connectivity index is 1.69. The Morgan fingerprint density at radius 1 is 1.00 bits per heavy atom. The molecule has 0 amide bonds. The van der Waals surface area contributed by atoms with Crippen LogP contribution in [0, 0.1) is 11.8 Å². The molecule has 15 heavy (non-hydrogen) atoms. The first-order chi connectivity index (χ1) is 7.38. The lowest BCUT2D eigenvalue weighted by Crippen LogP contribution is -2.32. The molecule has 0 radical (unpaired) electrons. The van der Waals surface area contributed by atoms with E-state index in [9.17, 15) is 0 Å². The monoisotopic (exact) mass is 209 g/mol. The Labute approximate surface area is 95.0 Å². The smallest absolute Gasteiger partial charge is 0.00723 e. The highest BCUT2D eigenvalue weighted by Gasteiger charge is 2.27. The van der Waals surface area contributed by atoms with Crippen molar-refractivity contribution in [3.63, 3.8) is 0 Å². The zero-order valence-corrected chi connectivity index (χ0v) is 10.3. The van der Waals surface area contributed by atoms with Crippen LogP contribution < -0.4 is 5.32 Å². The summed E-state index contributed by atoms with van der Waals surface area (Å²) >= 11 is 0. The van der Waals surface area contributed by atoms with Gasteiger partial charge < -0.3 is 5.32 Å². The molecule has 2 fully saturated rings. The highest BCUT2D eigenvalue weighted by atomic mass is 14.9. The van der Waals surface area contributed by atoms with Crippen LogP contribution >= 0.6 is 0 Å². The summed E-state index contributed by atoms with van der Waals surface area (Å²) < 4.78 is 0. The lowest BCUT2D eigenvalue weighted by atomic mass is 9.95. The maximum Gasteiger partial charge on any atom is 0.00723 e. The summed E-state index contributed by atoms with van der Waals surface area (Å²) in [4.78, 5) is 0. The Morgan fingerprint density at radius 3 is 2.13 bits per heavy atom. The molecule has 2 saturated carbocycles. The van der Waals surface area contributed by atoms with Gasteiger partial charge in [-0.3, -0.25) is 0 Å². The van der Waals surface area contributed by atoms with Crippen LogP contribution in [0.3, 0.4) is 0 Å². The van der Waals surface area contributed by atoms with E-state index < -0.39 is 0 Å². The van der Waals surface area contributed by atoms with Crippen molar-refractivity contribution in [1.29, 1.82) is 0 Å². The van der Waals surface area contributed by atoms with E-state index in [-0.39, 0.29) is 0 Å². The van der Waals surface area contributed by atoms with Gasteiger partial charge in [-0.15, -0.1) is 0 Å². The van der Waals surface area contributed by atoms with Crippen molar-refractivity contribution in [3.8, 4) is 0 Å². The SMILES string of the molecule is CCCNC(CC1CCCC1)CC1CC1. The first-order valence-electron chi connectivity index (χ1n) is 7.12. The Hall–Kier alpha value is -0.0400. The van der Waals surface area contributed by atoms with E-state index >= 15 is 0 Å². The normalized spacial score (nSPS) is 24.6. The second-order valence-corrected chi connectivity index (χ2v) is 5.72. The predicted octanol–water partition coefficient (Wildman–Crippen LogP) is 3.74. The van der Waals surface area contributed by atoms with Crippen LogP contribution in [-0.4, -0.2) is 12.6 Å². The molecule has 1 N–H and O–H groups in total. The van der Waals surface area contributed by atoms with E-state index in [1.807, 2.05) is 0 Å². The van der Waals surface area contributed by atoms with E-state index in [4.69, 9.17) is 0 Å².